The Morgan fingerprint density at radius 3 is 2.00 bits per heavy atom. The zero-order chi connectivity index (χ0) is 20.5. The number of halogens is 2. The van der Waals surface area contributed by atoms with Crippen molar-refractivity contribution in [1.82, 2.24) is 9.97 Å². The predicted octanol–water partition coefficient (Wildman–Crippen LogP) is 6.55. The number of nitrogens with zero attached hydrogens (tertiary/aromatic N) is 2. The molecule has 0 spiro atoms. The molecule has 0 saturated heterocycles. The van der Waals surface area contributed by atoms with Crippen molar-refractivity contribution in [1.29, 1.82) is 0 Å². The molecule has 0 amide bonds. The van der Waals surface area contributed by atoms with Gasteiger partial charge < -0.3 is 10.1 Å². The molecule has 1 aromatic heterocycles. The Morgan fingerprint density at radius 2 is 1.41 bits per heavy atom. The molecule has 29 heavy (non-hydrogen) atoms. The molecule has 6 nitrogen and oxygen atoms in total. The number of nitrogens with one attached hydrogen (secondary N) is 1. The van der Waals surface area contributed by atoms with Crippen molar-refractivity contribution in [3.05, 3.63) is 85.8 Å². The van der Waals surface area contributed by atoms with Gasteiger partial charge >= 0.3 is 5.69 Å². The van der Waals surface area contributed by atoms with Crippen molar-refractivity contribution >= 4 is 37.5 Å². The number of hydrogen-bond acceptors (Lipinski definition) is 4. The fourth-order valence-corrected chi connectivity index (χ4v) is 3.50. The van der Waals surface area contributed by atoms with E-state index >= 15 is 0 Å². The van der Waals surface area contributed by atoms with E-state index in [0.717, 1.165) is 31.5 Å². The Kier molecular flexibility index (Phi) is 5.21. The van der Waals surface area contributed by atoms with Crippen LogP contribution >= 0.6 is 31.9 Å². The van der Waals surface area contributed by atoms with Crippen LogP contribution in [0.1, 0.15) is 0 Å². The minimum Gasteiger partial charge on any atom is -0.502 e. The lowest BCUT2D eigenvalue weighted by Gasteiger charge is -2.04. The normalized spacial score (nSPS) is 10.8. The summed E-state index contributed by atoms with van der Waals surface area (Å²) in [6.07, 6.45) is 0. The maximum Gasteiger partial charge on any atom is 0.311 e. The summed E-state index contributed by atoms with van der Waals surface area (Å²) in [5.41, 5.74) is 3.50. The lowest BCUT2D eigenvalue weighted by Crippen LogP contribution is -1.90. The van der Waals surface area contributed by atoms with Crippen LogP contribution in [0, 0.1) is 10.1 Å². The summed E-state index contributed by atoms with van der Waals surface area (Å²) in [6, 6.07) is 19.8. The maximum atomic E-state index is 11.2. The first-order valence-corrected chi connectivity index (χ1v) is 10.1. The molecule has 0 saturated carbocycles. The number of nitro groups is 1. The minimum absolute atomic E-state index is 0.366. The Balaban J connectivity index is 1.90. The number of phenols is 1. The third kappa shape index (κ3) is 3.94. The molecule has 4 rings (SSSR count). The van der Waals surface area contributed by atoms with Crippen LogP contribution < -0.4 is 0 Å². The number of aromatic hydroxyl groups is 1. The van der Waals surface area contributed by atoms with Crippen molar-refractivity contribution in [2.75, 3.05) is 0 Å². The largest absolute Gasteiger partial charge is 0.502 e. The van der Waals surface area contributed by atoms with Crippen molar-refractivity contribution in [3.8, 4) is 39.7 Å². The monoisotopic (exact) mass is 513 g/mol. The first kappa shape index (κ1) is 19.4. The molecule has 0 atom stereocenters. The van der Waals surface area contributed by atoms with Gasteiger partial charge in [0.15, 0.2) is 5.75 Å². The molecular weight excluding hydrogens is 502 g/mol. The zero-order valence-corrected chi connectivity index (χ0v) is 17.9. The third-order valence-corrected chi connectivity index (χ3v) is 5.46. The topological polar surface area (TPSA) is 92.0 Å². The second kappa shape index (κ2) is 7.81. The summed E-state index contributed by atoms with van der Waals surface area (Å²) in [5, 5.41) is 20.9. The maximum absolute atomic E-state index is 11.2. The van der Waals surface area contributed by atoms with Gasteiger partial charge in [-0.15, -0.1) is 0 Å². The molecule has 0 aliphatic heterocycles. The highest BCUT2D eigenvalue weighted by Crippen LogP contribution is 2.36. The molecule has 0 unspecified atom stereocenters. The number of rotatable bonds is 4. The molecule has 2 N–H and O–H groups in total. The van der Waals surface area contributed by atoms with Crippen LogP contribution in [0.4, 0.5) is 5.69 Å². The second-order valence-corrected chi connectivity index (χ2v) is 8.11. The molecule has 8 heteroatoms. The Morgan fingerprint density at radius 1 is 0.862 bits per heavy atom. The van der Waals surface area contributed by atoms with Gasteiger partial charge in [-0.05, 0) is 36.4 Å². The molecule has 0 bridgehead atoms. The third-order valence-electron chi connectivity index (χ3n) is 4.40. The smallest absolute Gasteiger partial charge is 0.311 e. The van der Waals surface area contributed by atoms with Gasteiger partial charge in [0.05, 0.1) is 16.3 Å². The van der Waals surface area contributed by atoms with Gasteiger partial charge in [-0.2, -0.15) is 0 Å². The Hall–Kier alpha value is -2.97. The number of benzene rings is 3. The van der Waals surface area contributed by atoms with E-state index in [1.807, 2.05) is 48.5 Å². The molecule has 4 aromatic rings. The number of hydrogen-bond donors (Lipinski definition) is 2. The summed E-state index contributed by atoms with van der Waals surface area (Å²) in [6.45, 7) is 0. The summed E-state index contributed by atoms with van der Waals surface area (Å²) in [5.74, 6) is 0.0931. The van der Waals surface area contributed by atoms with Gasteiger partial charge in [0.25, 0.3) is 0 Å². The average molecular weight is 515 g/mol. The van der Waals surface area contributed by atoms with Crippen molar-refractivity contribution in [2.45, 2.75) is 0 Å². The molecule has 1 heterocycles. The number of aromatic amines is 1. The van der Waals surface area contributed by atoms with Crippen LogP contribution in [0.15, 0.2) is 75.7 Å². The highest BCUT2D eigenvalue weighted by atomic mass is 79.9. The van der Waals surface area contributed by atoms with Crippen LogP contribution in [-0.4, -0.2) is 20.0 Å². The second-order valence-electron chi connectivity index (χ2n) is 6.28. The minimum atomic E-state index is -0.618. The number of phenolic OH excluding ortho intramolecular Hbond substituents is 1. The van der Waals surface area contributed by atoms with Crippen LogP contribution in [0.3, 0.4) is 0 Å². The highest BCUT2D eigenvalue weighted by Gasteiger charge is 2.19. The fraction of sp³-hybridized carbons (Fsp3) is 0. The summed E-state index contributed by atoms with van der Waals surface area (Å²) >= 11 is 6.88. The number of nitro benzene ring substituents is 1. The molecule has 0 aliphatic carbocycles. The zero-order valence-electron chi connectivity index (χ0n) is 14.8. The molecule has 0 radical (unpaired) electrons. The van der Waals surface area contributed by atoms with E-state index in [4.69, 9.17) is 4.98 Å². The van der Waals surface area contributed by atoms with E-state index in [2.05, 4.69) is 36.8 Å². The van der Waals surface area contributed by atoms with Crippen molar-refractivity contribution < 1.29 is 10.0 Å². The standard InChI is InChI=1S/C21H13Br2N3O3/c22-15-6-1-12(2-7-15)19-20(13-3-8-16(23)9-4-13)25-21(24-19)14-5-10-18(27)17(11-14)26(28)29/h1-11,27H,(H,24,25). The van der Waals surface area contributed by atoms with Gasteiger partial charge in [-0.3, -0.25) is 10.1 Å². The predicted molar refractivity (Wildman–Crippen MR) is 119 cm³/mol. The van der Waals surface area contributed by atoms with Gasteiger partial charge in [0, 0.05) is 31.7 Å². The van der Waals surface area contributed by atoms with Crippen molar-refractivity contribution in [3.63, 3.8) is 0 Å². The highest BCUT2D eigenvalue weighted by molar-refractivity contribution is 9.10. The van der Waals surface area contributed by atoms with Gasteiger partial charge in [0.1, 0.15) is 5.82 Å². The van der Waals surface area contributed by atoms with Crippen LogP contribution in [0.5, 0.6) is 5.75 Å². The van der Waals surface area contributed by atoms with Crippen molar-refractivity contribution in [2.24, 2.45) is 0 Å². The average Bonchev–Trinajstić information content (AvgIpc) is 3.14. The van der Waals surface area contributed by atoms with E-state index in [0.29, 0.717) is 11.4 Å². The first-order valence-electron chi connectivity index (χ1n) is 8.52. The molecule has 144 valence electrons. The summed E-state index contributed by atoms with van der Waals surface area (Å²) in [7, 11) is 0. The van der Waals surface area contributed by atoms with Crippen LogP contribution in [0.25, 0.3) is 33.9 Å². The van der Waals surface area contributed by atoms with E-state index < -0.39 is 4.92 Å². The Bertz CT molecular complexity index is 1140. The quantitative estimate of drug-likeness (QED) is 0.238. The molecular formula is C21H13Br2N3O3. The van der Waals surface area contributed by atoms with E-state index in [1.165, 1.54) is 12.1 Å². The number of H-pyrrole nitrogens is 1. The van der Waals surface area contributed by atoms with Crippen LogP contribution in [-0.2, 0) is 0 Å². The van der Waals surface area contributed by atoms with Crippen LogP contribution in [0.2, 0.25) is 0 Å². The lowest BCUT2D eigenvalue weighted by atomic mass is 10.1. The first-order chi connectivity index (χ1) is 13.9. The molecule has 0 fully saturated rings. The Labute approximate surface area is 182 Å². The van der Waals surface area contributed by atoms with E-state index in [-0.39, 0.29) is 11.4 Å². The SMILES string of the molecule is O=[N+]([O-])c1cc(-c2nc(-c3ccc(Br)cc3)c(-c3ccc(Br)cc3)[nH]2)ccc1O. The number of aromatic nitrogens is 2. The lowest BCUT2D eigenvalue weighted by molar-refractivity contribution is -0.385. The van der Waals surface area contributed by atoms with E-state index in [9.17, 15) is 15.2 Å². The van der Waals surface area contributed by atoms with Gasteiger partial charge in [-0.25, -0.2) is 4.98 Å². The fourth-order valence-electron chi connectivity index (χ4n) is 2.97. The molecule has 3 aromatic carbocycles. The van der Waals surface area contributed by atoms with Gasteiger partial charge in [0.2, 0.25) is 0 Å². The van der Waals surface area contributed by atoms with E-state index in [1.54, 1.807) is 6.07 Å². The summed E-state index contributed by atoms with van der Waals surface area (Å²) < 4.78 is 1.91. The summed E-state index contributed by atoms with van der Waals surface area (Å²) in [4.78, 5) is 18.6. The van der Waals surface area contributed by atoms with Gasteiger partial charge in [-0.1, -0.05) is 56.1 Å². The number of imidazole rings is 1. The molecule has 0 aliphatic rings.